The van der Waals surface area contributed by atoms with Crippen molar-refractivity contribution in [2.75, 3.05) is 6.54 Å². The van der Waals surface area contributed by atoms with Gasteiger partial charge in [-0.2, -0.15) is 0 Å². The van der Waals surface area contributed by atoms with Gasteiger partial charge in [-0.05, 0) is 31.2 Å². The summed E-state index contributed by atoms with van der Waals surface area (Å²) in [6.07, 6.45) is 5.51. The fourth-order valence-corrected chi connectivity index (χ4v) is 2.73. The van der Waals surface area contributed by atoms with Crippen molar-refractivity contribution in [3.8, 4) is 0 Å². The Bertz CT molecular complexity index is 346. The van der Waals surface area contributed by atoms with Gasteiger partial charge in [0.2, 0.25) is 0 Å². The first-order valence-electron chi connectivity index (χ1n) is 6.81. The molecule has 1 aromatic heterocycles. The second-order valence-electron chi connectivity index (χ2n) is 5.70. The van der Waals surface area contributed by atoms with E-state index in [1.807, 2.05) is 0 Å². The van der Waals surface area contributed by atoms with Crippen LogP contribution in [0.15, 0.2) is 10.8 Å². The van der Waals surface area contributed by atoms with Gasteiger partial charge in [-0.3, -0.25) is 0 Å². The molecular formula is C14H24N2O. The van der Waals surface area contributed by atoms with Crippen LogP contribution in [0.25, 0.3) is 0 Å². The second kappa shape index (κ2) is 5.67. The van der Waals surface area contributed by atoms with E-state index in [0.29, 0.717) is 11.8 Å². The van der Waals surface area contributed by atoms with Crippen LogP contribution in [-0.2, 0) is 6.54 Å². The van der Waals surface area contributed by atoms with Crippen molar-refractivity contribution >= 4 is 0 Å². The third-order valence-electron chi connectivity index (χ3n) is 3.72. The molecule has 0 spiro atoms. The molecule has 0 bridgehead atoms. The average molecular weight is 236 g/mol. The number of oxazole rings is 1. The molecule has 0 aromatic carbocycles. The highest BCUT2D eigenvalue weighted by molar-refractivity contribution is 5.15. The van der Waals surface area contributed by atoms with Crippen molar-refractivity contribution in [2.24, 2.45) is 11.8 Å². The molecule has 1 saturated carbocycles. The van der Waals surface area contributed by atoms with Crippen LogP contribution in [0.5, 0.6) is 0 Å². The maximum atomic E-state index is 5.63. The molecule has 17 heavy (non-hydrogen) atoms. The van der Waals surface area contributed by atoms with Crippen LogP contribution in [0.1, 0.15) is 57.4 Å². The lowest BCUT2D eigenvalue weighted by molar-refractivity contribution is 0.407. The Kier molecular flexibility index (Phi) is 4.21. The summed E-state index contributed by atoms with van der Waals surface area (Å²) >= 11 is 0. The monoisotopic (exact) mass is 236 g/mol. The number of nitrogens with one attached hydrogen (secondary N) is 1. The Balaban J connectivity index is 1.96. The van der Waals surface area contributed by atoms with Crippen LogP contribution in [-0.4, -0.2) is 11.5 Å². The summed E-state index contributed by atoms with van der Waals surface area (Å²) < 4.78 is 5.63. The lowest BCUT2D eigenvalue weighted by Crippen LogP contribution is -2.20. The quantitative estimate of drug-likeness (QED) is 0.852. The van der Waals surface area contributed by atoms with Crippen LogP contribution in [0.4, 0.5) is 0 Å². The van der Waals surface area contributed by atoms with Crippen molar-refractivity contribution < 1.29 is 4.42 Å². The Hall–Kier alpha value is -0.830. The zero-order valence-electron chi connectivity index (χ0n) is 11.2. The first kappa shape index (κ1) is 12.6. The molecule has 1 fully saturated rings. The van der Waals surface area contributed by atoms with E-state index in [0.717, 1.165) is 30.5 Å². The number of aromatic nitrogens is 1. The molecule has 0 aliphatic heterocycles. The van der Waals surface area contributed by atoms with Gasteiger partial charge in [0, 0.05) is 12.5 Å². The lowest BCUT2D eigenvalue weighted by atomic mass is 9.94. The van der Waals surface area contributed by atoms with E-state index in [1.54, 1.807) is 6.39 Å². The molecule has 96 valence electrons. The van der Waals surface area contributed by atoms with E-state index >= 15 is 0 Å². The highest BCUT2D eigenvalue weighted by Crippen LogP contribution is 2.40. The Morgan fingerprint density at radius 1 is 1.47 bits per heavy atom. The summed E-state index contributed by atoms with van der Waals surface area (Å²) in [4.78, 5) is 4.36. The topological polar surface area (TPSA) is 38.1 Å². The summed E-state index contributed by atoms with van der Waals surface area (Å²) in [5.41, 5.74) is 1.12. The maximum Gasteiger partial charge on any atom is 0.181 e. The molecule has 2 rings (SSSR count). The van der Waals surface area contributed by atoms with E-state index < -0.39 is 0 Å². The minimum absolute atomic E-state index is 0.591. The normalized spacial score (nSPS) is 24.7. The highest BCUT2D eigenvalue weighted by Gasteiger charge is 2.29. The van der Waals surface area contributed by atoms with E-state index in [9.17, 15) is 0 Å². The summed E-state index contributed by atoms with van der Waals surface area (Å²) in [7, 11) is 0. The van der Waals surface area contributed by atoms with Gasteiger partial charge in [0.25, 0.3) is 0 Å². The Labute approximate surface area is 104 Å². The van der Waals surface area contributed by atoms with Crippen LogP contribution in [0.2, 0.25) is 0 Å². The molecule has 1 N–H and O–H groups in total. The van der Waals surface area contributed by atoms with Gasteiger partial charge in [0.15, 0.2) is 6.39 Å². The van der Waals surface area contributed by atoms with E-state index in [1.165, 1.54) is 19.3 Å². The Morgan fingerprint density at radius 2 is 2.29 bits per heavy atom. The number of rotatable bonds is 5. The highest BCUT2D eigenvalue weighted by atomic mass is 16.3. The summed E-state index contributed by atoms with van der Waals surface area (Å²) in [5, 5.41) is 3.44. The molecule has 1 aliphatic carbocycles. The van der Waals surface area contributed by atoms with Crippen LogP contribution in [0, 0.1) is 11.8 Å². The van der Waals surface area contributed by atoms with Gasteiger partial charge in [-0.25, -0.2) is 4.98 Å². The SMILES string of the molecule is CC(C)CNCc1ncoc1C1CCCC1C. The van der Waals surface area contributed by atoms with Crippen molar-refractivity contribution in [3.63, 3.8) is 0 Å². The number of nitrogens with zero attached hydrogens (tertiary/aromatic N) is 1. The molecule has 2 unspecified atom stereocenters. The predicted octanol–water partition coefficient (Wildman–Crippen LogP) is 3.32. The fourth-order valence-electron chi connectivity index (χ4n) is 2.73. The third-order valence-corrected chi connectivity index (χ3v) is 3.72. The zero-order valence-corrected chi connectivity index (χ0v) is 11.2. The van der Waals surface area contributed by atoms with Gasteiger partial charge in [0.05, 0.1) is 5.69 Å². The minimum atomic E-state index is 0.591. The molecule has 3 heteroatoms. The minimum Gasteiger partial charge on any atom is -0.448 e. The standard InChI is InChI=1S/C14H24N2O/c1-10(2)7-15-8-13-14(17-9-16-13)12-6-4-5-11(12)3/h9-12,15H,4-8H2,1-3H3. The molecule has 2 atom stereocenters. The van der Waals surface area contributed by atoms with Gasteiger partial charge in [-0.15, -0.1) is 0 Å². The van der Waals surface area contributed by atoms with Gasteiger partial charge in [0.1, 0.15) is 5.76 Å². The molecule has 3 nitrogen and oxygen atoms in total. The fraction of sp³-hybridized carbons (Fsp3) is 0.786. The molecule has 1 aliphatic rings. The molecule has 0 radical (unpaired) electrons. The maximum absolute atomic E-state index is 5.63. The zero-order chi connectivity index (χ0) is 12.3. The van der Waals surface area contributed by atoms with Gasteiger partial charge in [-0.1, -0.05) is 27.2 Å². The summed E-state index contributed by atoms with van der Waals surface area (Å²) in [5.74, 6) is 3.14. The van der Waals surface area contributed by atoms with Gasteiger partial charge < -0.3 is 9.73 Å². The molecule has 1 aromatic rings. The van der Waals surface area contributed by atoms with Crippen molar-refractivity contribution in [1.29, 1.82) is 0 Å². The van der Waals surface area contributed by atoms with E-state index in [-0.39, 0.29) is 0 Å². The molecule has 1 heterocycles. The Morgan fingerprint density at radius 3 is 2.94 bits per heavy atom. The van der Waals surface area contributed by atoms with Crippen LogP contribution < -0.4 is 5.32 Å². The third kappa shape index (κ3) is 3.09. The van der Waals surface area contributed by atoms with Crippen molar-refractivity contribution in [3.05, 3.63) is 17.8 Å². The van der Waals surface area contributed by atoms with Crippen molar-refractivity contribution in [2.45, 2.75) is 52.5 Å². The van der Waals surface area contributed by atoms with E-state index in [2.05, 4.69) is 31.1 Å². The molecule has 0 saturated heterocycles. The second-order valence-corrected chi connectivity index (χ2v) is 5.70. The molecule has 0 amide bonds. The lowest BCUT2D eigenvalue weighted by Gasteiger charge is -2.14. The number of hydrogen-bond acceptors (Lipinski definition) is 3. The molecular weight excluding hydrogens is 212 g/mol. The summed E-state index contributed by atoms with van der Waals surface area (Å²) in [6, 6.07) is 0. The summed E-state index contributed by atoms with van der Waals surface area (Å²) in [6.45, 7) is 8.64. The van der Waals surface area contributed by atoms with Gasteiger partial charge >= 0.3 is 0 Å². The predicted molar refractivity (Wildman–Crippen MR) is 68.8 cm³/mol. The van der Waals surface area contributed by atoms with Crippen LogP contribution >= 0.6 is 0 Å². The first-order chi connectivity index (χ1) is 8.18. The average Bonchev–Trinajstić information content (AvgIpc) is 2.86. The largest absolute Gasteiger partial charge is 0.448 e. The van der Waals surface area contributed by atoms with Crippen LogP contribution in [0.3, 0.4) is 0 Å². The van der Waals surface area contributed by atoms with Crippen molar-refractivity contribution in [1.82, 2.24) is 10.3 Å². The smallest absolute Gasteiger partial charge is 0.181 e. The first-order valence-corrected chi connectivity index (χ1v) is 6.81. The number of hydrogen-bond donors (Lipinski definition) is 1. The van der Waals surface area contributed by atoms with E-state index in [4.69, 9.17) is 4.42 Å².